The first-order valence-electron chi connectivity index (χ1n) is 5.69. The Bertz CT molecular complexity index is 396. The number of hydrogen-bond donors (Lipinski definition) is 1. The molecule has 2 nitrogen and oxygen atoms in total. The van der Waals surface area contributed by atoms with Crippen molar-refractivity contribution in [3.05, 3.63) is 27.8 Å². The lowest BCUT2D eigenvalue weighted by Crippen LogP contribution is -2.20. The average Bonchev–Trinajstić information content (AvgIpc) is 2.31. The lowest BCUT2D eigenvalue weighted by Gasteiger charge is -2.26. The van der Waals surface area contributed by atoms with E-state index in [0.717, 1.165) is 29.3 Å². The maximum atomic E-state index is 12.4. The summed E-state index contributed by atoms with van der Waals surface area (Å²) in [7, 11) is -3.14. The third-order valence-corrected chi connectivity index (χ3v) is 6.53. The lowest BCUT2D eigenvalue weighted by molar-refractivity contribution is 0.431. The number of hydrogen-bond acceptors (Lipinski definition) is 1. The van der Waals surface area contributed by atoms with Crippen LogP contribution in [0.3, 0.4) is 0 Å². The zero-order valence-corrected chi connectivity index (χ0v) is 12.2. The summed E-state index contributed by atoms with van der Waals surface area (Å²) in [6, 6.07) is 7.41. The van der Waals surface area contributed by atoms with Crippen molar-refractivity contribution >= 4 is 35.3 Å². The first-order chi connectivity index (χ1) is 7.60. The standard InChI is InChI=1S/C12H16IO2P/c13-10-6-8-12(9-7-10)16(14,15)11-4-2-1-3-5-11/h6-9,11H,1-5H2,(H,14,15). The molecule has 1 N–H and O–H groups in total. The van der Waals surface area contributed by atoms with Gasteiger partial charge in [0, 0.05) is 14.5 Å². The summed E-state index contributed by atoms with van der Waals surface area (Å²) in [4.78, 5) is 10.3. The minimum absolute atomic E-state index is 0.0127. The quantitative estimate of drug-likeness (QED) is 0.655. The summed E-state index contributed by atoms with van der Waals surface area (Å²) in [6.07, 6.45) is 5.21. The second-order valence-electron chi connectivity index (χ2n) is 4.39. The summed E-state index contributed by atoms with van der Waals surface area (Å²) in [5, 5.41) is 0.625. The van der Waals surface area contributed by atoms with E-state index < -0.39 is 7.37 Å². The molecule has 0 aliphatic heterocycles. The minimum atomic E-state index is -3.14. The van der Waals surface area contributed by atoms with Crippen LogP contribution >= 0.6 is 30.0 Å². The molecular formula is C12H16IO2P. The molecule has 1 aliphatic carbocycles. The van der Waals surface area contributed by atoms with Crippen LogP contribution in [0.1, 0.15) is 32.1 Å². The molecular weight excluding hydrogens is 334 g/mol. The summed E-state index contributed by atoms with van der Waals surface area (Å²) < 4.78 is 13.5. The monoisotopic (exact) mass is 350 g/mol. The van der Waals surface area contributed by atoms with Gasteiger partial charge in [-0.3, -0.25) is 4.57 Å². The van der Waals surface area contributed by atoms with Crippen molar-refractivity contribution in [3.8, 4) is 0 Å². The Labute approximate surface area is 110 Å². The molecule has 1 aromatic carbocycles. The summed E-state index contributed by atoms with van der Waals surface area (Å²) >= 11 is 2.21. The predicted octanol–water partition coefficient (Wildman–Crippen LogP) is 3.52. The fourth-order valence-electron chi connectivity index (χ4n) is 2.30. The van der Waals surface area contributed by atoms with Crippen molar-refractivity contribution in [2.75, 3.05) is 0 Å². The highest BCUT2D eigenvalue weighted by molar-refractivity contribution is 14.1. The summed E-state index contributed by atoms with van der Waals surface area (Å²) in [5.74, 6) is 0. The zero-order valence-electron chi connectivity index (χ0n) is 9.10. The second kappa shape index (κ2) is 5.19. The Hall–Kier alpha value is 0.140. The van der Waals surface area contributed by atoms with Crippen molar-refractivity contribution in [2.45, 2.75) is 37.8 Å². The van der Waals surface area contributed by atoms with Crippen molar-refractivity contribution < 1.29 is 9.46 Å². The van der Waals surface area contributed by atoms with Gasteiger partial charge in [0.15, 0.2) is 0 Å². The van der Waals surface area contributed by atoms with E-state index >= 15 is 0 Å². The first kappa shape index (κ1) is 12.6. The molecule has 88 valence electrons. The molecule has 0 heterocycles. The van der Waals surface area contributed by atoms with E-state index in [1.807, 2.05) is 12.1 Å². The fraction of sp³-hybridized carbons (Fsp3) is 0.500. The molecule has 0 spiro atoms. The van der Waals surface area contributed by atoms with Gasteiger partial charge in [-0.1, -0.05) is 19.3 Å². The number of halogens is 1. The molecule has 1 saturated carbocycles. The molecule has 0 saturated heterocycles. The Morgan fingerprint density at radius 2 is 1.69 bits per heavy atom. The molecule has 0 bridgehead atoms. The van der Waals surface area contributed by atoms with Gasteiger partial charge in [-0.05, 0) is 59.7 Å². The van der Waals surface area contributed by atoms with Crippen LogP contribution < -0.4 is 5.30 Å². The van der Waals surface area contributed by atoms with Crippen LogP contribution in [0.4, 0.5) is 0 Å². The molecule has 1 fully saturated rings. The largest absolute Gasteiger partial charge is 0.341 e. The second-order valence-corrected chi connectivity index (χ2v) is 8.13. The van der Waals surface area contributed by atoms with Gasteiger partial charge in [0.2, 0.25) is 7.37 Å². The van der Waals surface area contributed by atoms with Crippen molar-refractivity contribution in [1.29, 1.82) is 0 Å². The molecule has 0 aromatic heterocycles. The normalized spacial score (nSPS) is 21.6. The van der Waals surface area contributed by atoms with Crippen LogP contribution in [0.15, 0.2) is 24.3 Å². The maximum absolute atomic E-state index is 12.4. The molecule has 2 rings (SSSR count). The van der Waals surface area contributed by atoms with E-state index in [4.69, 9.17) is 0 Å². The SMILES string of the molecule is O=P(O)(c1ccc(I)cc1)C1CCCCC1. The van der Waals surface area contributed by atoms with Gasteiger partial charge < -0.3 is 4.89 Å². The Morgan fingerprint density at radius 3 is 2.25 bits per heavy atom. The predicted molar refractivity (Wildman–Crippen MR) is 75.5 cm³/mol. The van der Waals surface area contributed by atoms with Gasteiger partial charge in [-0.15, -0.1) is 0 Å². The Balaban J connectivity index is 2.23. The van der Waals surface area contributed by atoms with Crippen molar-refractivity contribution in [2.24, 2.45) is 0 Å². The average molecular weight is 350 g/mol. The van der Waals surface area contributed by atoms with Gasteiger partial charge in [-0.25, -0.2) is 0 Å². The van der Waals surface area contributed by atoms with E-state index in [1.54, 1.807) is 12.1 Å². The van der Waals surface area contributed by atoms with Crippen LogP contribution in [0, 0.1) is 3.57 Å². The molecule has 16 heavy (non-hydrogen) atoms. The molecule has 0 amide bonds. The summed E-state index contributed by atoms with van der Waals surface area (Å²) in [5.41, 5.74) is -0.0127. The molecule has 0 radical (unpaired) electrons. The van der Waals surface area contributed by atoms with Crippen molar-refractivity contribution in [1.82, 2.24) is 0 Å². The van der Waals surface area contributed by atoms with Crippen molar-refractivity contribution in [3.63, 3.8) is 0 Å². The molecule has 1 aliphatic rings. The van der Waals surface area contributed by atoms with Gasteiger partial charge in [0.25, 0.3) is 0 Å². The Morgan fingerprint density at radius 1 is 1.12 bits per heavy atom. The Kier molecular flexibility index (Phi) is 4.09. The van der Waals surface area contributed by atoms with Gasteiger partial charge in [-0.2, -0.15) is 0 Å². The van der Waals surface area contributed by atoms with E-state index in [9.17, 15) is 9.46 Å². The van der Waals surface area contributed by atoms with Crippen LogP contribution in [-0.2, 0) is 4.57 Å². The van der Waals surface area contributed by atoms with Gasteiger partial charge in [0.1, 0.15) is 0 Å². The molecule has 1 unspecified atom stereocenters. The molecule has 1 atom stereocenters. The minimum Gasteiger partial charge on any atom is -0.341 e. The van der Waals surface area contributed by atoms with Gasteiger partial charge in [0.05, 0.1) is 0 Å². The molecule has 1 aromatic rings. The van der Waals surface area contributed by atoms with E-state index in [0.29, 0.717) is 5.30 Å². The van der Waals surface area contributed by atoms with E-state index in [1.165, 1.54) is 6.42 Å². The lowest BCUT2D eigenvalue weighted by atomic mass is 10.0. The third kappa shape index (κ3) is 2.69. The van der Waals surface area contributed by atoms with Gasteiger partial charge >= 0.3 is 0 Å². The topological polar surface area (TPSA) is 37.3 Å². The third-order valence-electron chi connectivity index (χ3n) is 3.27. The van der Waals surface area contributed by atoms with Crippen LogP contribution in [0.5, 0.6) is 0 Å². The highest BCUT2D eigenvalue weighted by Gasteiger charge is 2.33. The maximum Gasteiger partial charge on any atom is 0.232 e. The first-order valence-corrected chi connectivity index (χ1v) is 8.50. The zero-order chi connectivity index (χ0) is 11.6. The highest BCUT2D eigenvalue weighted by atomic mass is 127. The number of rotatable bonds is 2. The van der Waals surface area contributed by atoms with E-state index in [-0.39, 0.29) is 5.66 Å². The van der Waals surface area contributed by atoms with E-state index in [2.05, 4.69) is 22.6 Å². The van der Waals surface area contributed by atoms with Crippen LogP contribution in [0.25, 0.3) is 0 Å². The summed E-state index contributed by atoms with van der Waals surface area (Å²) in [6.45, 7) is 0. The smallest absolute Gasteiger partial charge is 0.232 e. The van der Waals surface area contributed by atoms with Crippen LogP contribution in [-0.4, -0.2) is 10.6 Å². The fourth-order valence-corrected chi connectivity index (χ4v) is 4.72. The van der Waals surface area contributed by atoms with Crippen LogP contribution in [0.2, 0.25) is 0 Å². The highest BCUT2D eigenvalue weighted by Crippen LogP contribution is 2.50. The number of benzene rings is 1. The molecule has 4 heteroatoms.